The Hall–Kier alpha value is -2.23. The van der Waals surface area contributed by atoms with Crippen LogP contribution in [-0.2, 0) is 14.8 Å². The van der Waals surface area contributed by atoms with E-state index in [2.05, 4.69) is 5.32 Å². The summed E-state index contributed by atoms with van der Waals surface area (Å²) in [6, 6.07) is 6.87. The number of rotatable bonds is 6. The van der Waals surface area contributed by atoms with Crippen LogP contribution in [0.4, 0.5) is 0 Å². The molecule has 0 unspecified atom stereocenters. The average molecular weight is 436 g/mol. The van der Waals surface area contributed by atoms with Gasteiger partial charge in [0, 0.05) is 50.1 Å². The number of piperazine rings is 1. The Labute approximate surface area is 175 Å². The maximum atomic E-state index is 12.9. The van der Waals surface area contributed by atoms with Gasteiger partial charge in [0.2, 0.25) is 15.9 Å². The fourth-order valence-electron chi connectivity index (χ4n) is 3.14. The van der Waals surface area contributed by atoms with Gasteiger partial charge in [0.15, 0.2) is 0 Å². The lowest BCUT2D eigenvalue weighted by molar-refractivity contribution is -0.132. The first-order valence-corrected chi connectivity index (χ1v) is 11.8. The minimum Gasteiger partial charge on any atom is -0.351 e. The number of sulfonamides is 1. The average Bonchev–Trinajstić information content (AvgIpc) is 3.25. The molecule has 1 aromatic heterocycles. The third kappa shape index (κ3) is 5.04. The zero-order valence-corrected chi connectivity index (χ0v) is 18.2. The molecule has 2 aromatic rings. The number of amides is 2. The van der Waals surface area contributed by atoms with Gasteiger partial charge in [-0.3, -0.25) is 9.59 Å². The zero-order valence-electron chi connectivity index (χ0n) is 16.6. The van der Waals surface area contributed by atoms with E-state index >= 15 is 0 Å². The summed E-state index contributed by atoms with van der Waals surface area (Å²) in [5.41, 5.74) is 2.57. The summed E-state index contributed by atoms with van der Waals surface area (Å²) >= 11 is 1.44. The molecule has 0 radical (unpaired) electrons. The van der Waals surface area contributed by atoms with E-state index in [0.29, 0.717) is 18.7 Å². The predicted molar refractivity (Wildman–Crippen MR) is 113 cm³/mol. The highest BCUT2D eigenvalue weighted by molar-refractivity contribution is 7.89. The Morgan fingerprint density at radius 3 is 2.41 bits per heavy atom. The molecule has 7 nitrogen and oxygen atoms in total. The van der Waals surface area contributed by atoms with Gasteiger partial charge in [0.25, 0.3) is 5.91 Å². The van der Waals surface area contributed by atoms with Gasteiger partial charge in [0.05, 0.1) is 4.90 Å². The quantitative estimate of drug-likeness (QED) is 0.752. The van der Waals surface area contributed by atoms with E-state index in [1.165, 1.54) is 15.6 Å². The fraction of sp³-hybridized carbons (Fsp3) is 0.400. The molecule has 3 rings (SSSR count). The second kappa shape index (κ2) is 9.06. The van der Waals surface area contributed by atoms with Crippen LogP contribution in [0, 0.1) is 13.8 Å². The molecule has 1 aromatic carbocycles. The van der Waals surface area contributed by atoms with Crippen LogP contribution < -0.4 is 5.32 Å². The molecule has 0 aliphatic carbocycles. The summed E-state index contributed by atoms with van der Waals surface area (Å²) < 4.78 is 27.2. The number of aryl methyl sites for hydroxylation is 2. The van der Waals surface area contributed by atoms with Crippen molar-refractivity contribution in [2.24, 2.45) is 0 Å². The first-order chi connectivity index (χ1) is 13.8. The number of hydrogen-bond donors (Lipinski definition) is 1. The number of thiophene rings is 1. The van der Waals surface area contributed by atoms with E-state index in [9.17, 15) is 18.0 Å². The maximum Gasteiger partial charge on any atom is 0.252 e. The highest BCUT2D eigenvalue weighted by Crippen LogP contribution is 2.20. The zero-order chi connectivity index (χ0) is 21.0. The van der Waals surface area contributed by atoms with Crippen LogP contribution in [0.1, 0.15) is 27.9 Å². The van der Waals surface area contributed by atoms with Crippen molar-refractivity contribution in [1.82, 2.24) is 14.5 Å². The van der Waals surface area contributed by atoms with Crippen molar-refractivity contribution in [3.05, 3.63) is 51.7 Å². The molecule has 2 amide bonds. The van der Waals surface area contributed by atoms with E-state index in [0.717, 1.165) is 11.1 Å². The van der Waals surface area contributed by atoms with Crippen molar-refractivity contribution in [3.8, 4) is 0 Å². The molecule has 0 saturated carbocycles. The number of carbonyl (C=O) groups excluding carboxylic acids is 2. The van der Waals surface area contributed by atoms with Gasteiger partial charge in [-0.2, -0.15) is 15.6 Å². The smallest absolute Gasteiger partial charge is 0.252 e. The minimum atomic E-state index is -3.56. The van der Waals surface area contributed by atoms with E-state index < -0.39 is 10.0 Å². The molecule has 29 heavy (non-hydrogen) atoms. The van der Waals surface area contributed by atoms with Crippen molar-refractivity contribution in [2.45, 2.75) is 25.2 Å². The molecule has 0 bridgehead atoms. The van der Waals surface area contributed by atoms with Gasteiger partial charge in [-0.25, -0.2) is 8.42 Å². The topological polar surface area (TPSA) is 86.8 Å². The first kappa shape index (κ1) is 21.5. The highest BCUT2D eigenvalue weighted by Gasteiger charge is 2.30. The van der Waals surface area contributed by atoms with Crippen LogP contribution in [0.2, 0.25) is 0 Å². The molecule has 156 valence electrons. The highest BCUT2D eigenvalue weighted by atomic mass is 32.2. The van der Waals surface area contributed by atoms with E-state index in [-0.39, 0.29) is 42.8 Å². The number of nitrogens with zero attached hydrogens (tertiary/aromatic N) is 2. The van der Waals surface area contributed by atoms with Crippen LogP contribution >= 0.6 is 11.3 Å². The summed E-state index contributed by atoms with van der Waals surface area (Å²) in [5, 5.41) is 6.31. The van der Waals surface area contributed by atoms with E-state index in [1.807, 2.05) is 25.3 Å². The lowest BCUT2D eigenvalue weighted by atomic mass is 10.1. The van der Waals surface area contributed by atoms with Gasteiger partial charge in [0.1, 0.15) is 0 Å². The number of hydrogen-bond acceptors (Lipinski definition) is 5. The number of nitrogens with one attached hydrogen (secondary N) is 1. The summed E-state index contributed by atoms with van der Waals surface area (Å²) in [4.78, 5) is 26.2. The molecule has 9 heteroatoms. The lowest BCUT2D eigenvalue weighted by Crippen LogP contribution is -2.50. The minimum absolute atomic E-state index is 0.0844. The van der Waals surface area contributed by atoms with Crippen LogP contribution in [0.15, 0.2) is 39.9 Å². The van der Waals surface area contributed by atoms with Crippen LogP contribution in [0.3, 0.4) is 0 Å². The monoisotopic (exact) mass is 435 g/mol. The Balaban J connectivity index is 1.49. The molecule has 1 N–H and O–H groups in total. The second-order valence-corrected chi connectivity index (χ2v) is 9.77. The summed E-state index contributed by atoms with van der Waals surface area (Å²) in [7, 11) is -3.56. The predicted octanol–water partition coefficient (Wildman–Crippen LogP) is 2.02. The standard InChI is InChI=1S/C20H25N3O4S2/c1-15-3-4-18(13-16(15)2)29(26,27)23-10-8-22(9-11-23)19(24)5-7-21-20(25)17-6-12-28-14-17/h3-4,6,12-14H,5,7-11H2,1-2H3,(H,21,25). The largest absolute Gasteiger partial charge is 0.351 e. The SMILES string of the molecule is Cc1ccc(S(=O)(=O)N2CCN(C(=O)CCNC(=O)c3ccsc3)CC2)cc1C. The van der Waals surface area contributed by atoms with Crippen molar-refractivity contribution < 1.29 is 18.0 Å². The van der Waals surface area contributed by atoms with Crippen LogP contribution in [0.25, 0.3) is 0 Å². The molecular weight excluding hydrogens is 410 g/mol. The molecule has 0 atom stereocenters. The van der Waals surface area contributed by atoms with Crippen LogP contribution in [0.5, 0.6) is 0 Å². The fourth-order valence-corrected chi connectivity index (χ4v) is 5.28. The van der Waals surface area contributed by atoms with Gasteiger partial charge >= 0.3 is 0 Å². The Bertz CT molecular complexity index is 979. The summed E-state index contributed by atoms with van der Waals surface area (Å²) in [6.07, 6.45) is 0.194. The Morgan fingerprint density at radius 2 is 1.79 bits per heavy atom. The third-order valence-electron chi connectivity index (χ3n) is 5.12. The number of benzene rings is 1. The van der Waals surface area contributed by atoms with Crippen molar-refractivity contribution in [1.29, 1.82) is 0 Å². The first-order valence-electron chi connectivity index (χ1n) is 9.44. The van der Waals surface area contributed by atoms with E-state index in [4.69, 9.17) is 0 Å². The van der Waals surface area contributed by atoms with Gasteiger partial charge in [-0.05, 0) is 48.6 Å². The van der Waals surface area contributed by atoms with Crippen molar-refractivity contribution in [3.63, 3.8) is 0 Å². The van der Waals surface area contributed by atoms with Gasteiger partial charge < -0.3 is 10.2 Å². The lowest BCUT2D eigenvalue weighted by Gasteiger charge is -2.34. The molecule has 1 saturated heterocycles. The molecule has 1 fully saturated rings. The van der Waals surface area contributed by atoms with Gasteiger partial charge in [-0.1, -0.05) is 6.07 Å². The van der Waals surface area contributed by atoms with Crippen molar-refractivity contribution in [2.75, 3.05) is 32.7 Å². The third-order valence-corrected chi connectivity index (χ3v) is 7.69. The molecule has 1 aliphatic heterocycles. The van der Waals surface area contributed by atoms with E-state index in [1.54, 1.807) is 28.5 Å². The number of carbonyl (C=O) groups is 2. The molecular formula is C20H25N3O4S2. The molecule has 0 spiro atoms. The summed E-state index contributed by atoms with van der Waals surface area (Å²) in [5.74, 6) is -0.276. The van der Waals surface area contributed by atoms with Crippen molar-refractivity contribution >= 4 is 33.2 Å². The Morgan fingerprint density at radius 1 is 1.07 bits per heavy atom. The summed E-state index contributed by atoms with van der Waals surface area (Å²) in [6.45, 7) is 5.32. The Kier molecular flexibility index (Phi) is 6.71. The maximum absolute atomic E-state index is 12.9. The van der Waals surface area contributed by atoms with Gasteiger partial charge in [-0.15, -0.1) is 0 Å². The molecule has 2 heterocycles. The second-order valence-electron chi connectivity index (χ2n) is 7.05. The molecule has 1 aliphatic rings. The normalized spacial score (nSPS) is 15.3. The van der Waals surface area contributed by atoms with Crippen LogP contribution in [-0.4, -0.2) is 62.2 Å².